The van der Waals surface area contributed by atoms with Gasteiger partial charge in [0.2, 0.25) is 0 Å². The Morgan fingerprint density at radius 3 is 2.67 bits per heavy atom. The van der Waals surface area contributed by atoms with Crippen LogP contribution in [0.25, 0.3) is 0 Å². The third-order valence-corrected chi connectivity index (χ3v) is 3.90. The lowest BCUT2D eigenvalue weighted by atomic mass is 9.96. The van der Waals surface area contributed by atoms with Crippen LogP contribution in [0, 0.1) is 19.8 Å². The fraction of sp³-hybridized carbons (Fsp3) is 0.533. The van der Waals surface area contributed by atoms with Gasteiger partial charge in [0.15, 0.2) is 0 Å². The average molecular weight is 247 g/mol. The summed E-state index contributed by atoms with van der Waals surface area (Å²) >= 11 is 0. The molecular weight excluding hydrogens is 226 g/mol. The number of aryl methyl sites for hydroxylation is 2. The van der Waals surface area contributed by atoms with Gasteiger partial charge >= 0.3 is 0 Å². The van der Waals surface area contributed by atoms with Crippen molar-refractivity contribution in [2.45, 2.75) is 33.3 Å². The van der Waals surface area contributed by atoms with E-state index >= 15 is 0 Å². The van der Waals surface area contributed by atoms with Gasteiger partial charge in [0.25, 0.3) is 5.91 Å². The highest BCUT2D eigenvalue weighted by molar-refractivity contribution is 5.94. The molecule has 1 amide bonds. The van der Waals surface area contributed by atoms with E-state index < -0.39 is 0 Å². The van der Waals surface area contributed by atoms with Crippen molar-refractivity contribution in [1.82, 2.24) is 4.90 Å². The fourth-order valence-corrected chi connectivity index (χ4v) is 2.37. The van der Waals surface area contributed by atoms with E-state index in [0.717, 1.165) is 11.1 Å². The molecule has 0 radical (unpaired) electrons. The molecule has 3 nitrogen and oxygen atoms in total. The Bertz CT molecular complexity index is 456. The Labute approximate surface area is 108 Å². The number of carbonyl (C=O) groups is 1. The second kappa shape index (κ2) is 5.11. The molecule has 1 N–H and O–H groups in total. The molecule has 1 fully saturated rings. The molecule has 1 aromatic carbocycles. The van der Waals surface area contributed by atoms with Gasteiger partial charge in [-0.3, -0.25) is 4.79 Å². The maximum absolute atomic E-state index is 12.4. The Morgan fingerprint density at radius 2 is 2.06 bits per heavy atom. The lowest BCUT2D eigenvalue weighted by Gasteiger charge is -2.34. The van der Waals surface area contributed by atoms with Gasteiger partial charge in [-0.25, -0.2) is 0 Å². The molecule has 1 aliphatic heterocycles. The van der Waals surface area contributed by atoms with E-state index in [1.165, 1.54) is 5.56 Å². The number of hydrogen-bond donors (Lipinski definition) is 1. The normalized spacial score (nSPS) is 24.1. The first kappa shape index (κ1) is 13.1. The molecule has 2 rings (SSSR count). The van der Waals surface area contributed by atoms with E-state index in [4.69, 9.17) is 0 Å². The molecular formula is C15H21NO2. The van der Waals surface area contributed by atoms with E-state index in [9.17, 15) is 9.90 Å². The van der Waals surface area contributed by atoms with Crippen molar-refractivity contribution in [2.75, 3.05) is 13.1 Å². The Balaban J connectivity index is 2.14. The van der Waals surface area contributed by atoms with Gasteiger partial charge in [-0.05, 0) is 49.4 Å². The van der Waals surface area contributed by atoms with Crippen molar-refractivity contribution in [3.8, 4) is 0 Å². The molecule has 0 saturated carbocycles. The van der Waals surface area contributed by atoms with E-state index in [0.29, 0.717) is 19.5 Å². The van der Waals surface area contributed by atoms with Crippen LogP contribution in [-0.4, -0.2) is 35.1 Å². The molecule has 0 spiro atoms. The first-order valence-electron chi connectivity index (χ1n) is 6.53. The maximum Gasteiger partial charge on any atom is 0.253 e. The molecule has 1 saturated heterocycles. The molecule has 1 aromatic rings. The number of amides is 1. The van der Waals surface area contributed by atoms with Crippen LogP contribution in [0.15, 0.2) is 18.2 Å². The zero-order valence-corrected chi connectivity index (χ0v) is 11.3. The smallest absolute Gasteiger partial charge is 0.253 e. The molecule has 1 heterocycles. The van der Waals surface area contributed by atoms with E-state index in [1.54, 1.807) is 0 Å². The van der Waals surface area contributed by atoms with E-state index in [-0.39, 0.29) is 17.9 Å². The molecule has 18 heavy (non-hydrogen) atoms. The van der Waals surface area contributed by atoms with Crippen LogP contribution in [-0.2, 0) is 0 Å². The number of piperidine rings is 1. The molecule has 98 valence electrons. The monoisotopic (exact) mass is 247 g/mol. The minimum atomic E-state index is -0.270. The lowest BCUT2D eigenvalue weighted by Crippen LogP contribution is -2.44. The molecule has 0 bridgehead atoms. The van der Waals surface area contributed by atoms with E-state index in [2.05, 4.69) is 0 Å². The standard InChI is InChI=1S/C15H21NO2/c1-10-4-5-13(8-11(10)2)15(18)16-7-6-14(17)12(3)9-16/h4-5,8,12,14,17H,6-7,9H2,1-3H3. The molecule has 2 unspecified atom stereocenters. The summed E-state index contributed by atoms with van der Waals surface area (Å²) in [5.41, 5.74) is 3.10. The van der Waals surface area contributed by atoms with Gasteiger partial charge in [0.05, 0.1) is 6.10 Å². The average Bonchev–Trinajstić information content (AvgIpc) is 2.35. The van der Waals surface area contributed by atoms with Crippen molar-refractivity contribution in [2.24, 2.45) is 5.92 Å². The van der Waals surface area contributed by atoms with Gasteiger partial charge < -0.3 is 10.0 Å². The number of likely N-dealkylation sites (tertiary alicyclic amines) is 1. The van der Waals surface area contributed by atoms with Crippen LogP contribution in [0.3, 0.4) is 0 Å². The number of aliphatic hydroxyl groups is 1. The third kappa shape index (κ3) is 2.56. The third-order valence-electron chi connectivity index (χ3n) is 3.90. The predicted octanol–water partition coefficient (Wildman–Crippen LogP) is 2.15. The summed E-state index contributed by atoms with van der Waals surface area (Å²) in [5, 5.41) is 9.69. The minimum absolute atomic E-state index is 0.0804. The predicted molar refractivity (Wildman–Crippen MR) is 71.6 cm³/mol. The van der Waals surface area contributed by atoms with Crippen molar-refractivity contribution < 1.29 is 9.90 Å². The minimum Gasteiger partial charge on any atom is -0.393 e. The summed E-state index contributed by atoms with van der Waals surface area (Å²) in [6, 6.07) is 5.83. The van der Waals surface area contributed by atoms with E-state index in [1.807, 2.05) is 43.9 Å². The summed E-state index contributed by atoms with van der Waals surface area (Å²) in [5.74, 6) is 0.242. The highest BCUT2D eigenvalue weighted by atomic mass is 16.3. The second-order valence-corrected chi connectivity index (χ2v) is 5.38. The number of nitrogens with zero attached hydrogens (tertiary/aromatic N) is 1. The quantitative estimate of drug-likeness (QED) is 0.826. The van der Waals surface area contributed by atoms with Gasteiger partial charge in [-0.2, -0.15) is 0 Å². The van der Waals surface area contributed by atoms with Crippen LogP contribution >= 0.6 is 0 Å². The van der Waals surface area contributed by atoms with Crippen molar-refractivity contribution in [3.63, 3.8) is 0 Å². The van der Waals surface area contributed by atoms with Crippen molar-refractivity contribution >= 4 is 5.91 Å². The van der Waals surface area contributed by atoms with Gasteiger partial charge in [0, 0.05) is 18.7 Å². The van der Waals surface area contributed by atoms with Crippen LogP contribution in [0.2, 0.25) is 0 Å². The number of benzene rings is 1. The lowest BCUT2D eigenvalue weighted by molar-refractivity contribution is 0.0297. The van der Waals surface area contributed by atoms with Crippen LogP contribution < -0.4 is 0 Å². The number of rotatable bonds is 1. The largest absolute Gasteiger partial charge is 0.393 e. The summed E-state index contributed by atoms with van der Waals surface area (Å²) in [4.78, 5) is 14.2. The van der Waals surface area contributed by atoms with Crippen molar-refractivity contribution in [3.05, 3.63) is 34.9 Å². The summed E-state index contributed by atoms with van der Waals surface area (Å²) < 4.78 is 0. The Kier molecular flexibility index (Phi) is 3.71. The summed E-state index contributed by atoms with van der Waals surface area (Å²) in [6.07, 6.45) is 0.409. The van der Waals surface area contributed by atoms with Gasteiger partial charge in [-0.1, -0.05) is 13.0 Å². The summed E-state index contributed by atoms with van der Waals surface area (Å²) in [7, 11) is 0. The highest BCUT2D eigenvalue weighted by Gasteiger charge is 2.27. The summed E-state index contributed by atoms with van der Waals surface area (Å²) in [6.45, 7) is 7.35. The molecule has 2 atom stereocenters. The van der Waals surface area contributed by atoms with Gasteiger partial charge in [0.1, 0.15) is 0 Å². The number of aliphatic hydroxyl groups excluding tert-OH is 1. The Morgan fingerprint density at radius 1 is 1.33 bits per heavy atom. The fourth-order valence-electron chi connectivity index (χ4n) is 2.37. The second-order valence-electron chi connectivity index (χ2n) is 5.38. The van der Waals surface area contributed by atoms with Crippen LogP contribution in [0.4, 0.5) is 0 Å². The molecule has 0 aromatic heterocycles. The SMILES string of the molecule is Cc1ccc(C(=O)N2CCC(O)C(C)C2)cc1C. The first-order valence-corrected chi connectivity index (χ1v) is 6.53. The number of hydrogen-bond acceptors (Lipinski definition) is 2. The van der Waals surface area contributed by atoms with Crippen molar-refractivity contribution in [1.29, 1.82) is 0 Å². The Hall–Kier alpha value is -1.35. The van der Waals surface area contributed by atoms with Crippen LogP contribution in [0.1, 0.15) is 34.8 Å². The zero-order valence-electron chi connectivity index (χ0n) is 11.3. The highest BCUT2D eigenvalue weighted by Crippen LogP contribution is 2.19. The topological polar surface area (TPSA) is 40.5 Å². The molecule has 0 aliphatic carbocycles. The van der Waals surface area contributed by atoms with Gasteiger partial charge in [-0.15, -0.1) is 0 Å². The molecule has 3 heteroatoms. The zero-order chi connectivity index (χ0) is 13.3. The van der Waals surface area contributed by atoms with Crippen LogP contribution in [0.5, 0.6) is 0 Å². The number of carbonyl (C=O) groups excluding carboxylic acids is 1. The molecule has 1 aliphatic rings. The first-order chi connectivity index (χ1) is 8.49. The maximum atomic E-state index is 12.4.